The van der Waals surface area contributed by atoms with Crippen molar-refractivity contribution in [3.63, 3.8) is 0 Å². The summed E-state index contributed by atoms with van der Waals surface area (Å²) in [4.78, 5) is 25.4. The number of hydrogen-bond donors (Lipinski definition) is 1. The molecule has 1 unspecified atom stereocenters. The molecule has 1 aromatic carbocycles. The van der Waals surface area contributed by atoms with Gasteiger partial charge in [-0.1, -0.05) is 30.3 Å². The van der Waals surface area contributed by atoms with Crippen molar-refractivity contribution in [1.82, 2.24) is 4.90 Å². The van der Waals surface area contributed by atoms with Crippen LogP contribution in [0.1, 0.15) is 24.8 Å². The fourth-order valence-electron chi connectivity index (χ4n) is 3.09. The van der Waals surface area contributed by atoms with Crippen LogP contribution in [0.15, 0.2) is 30.3 Å². The van der Waals surface area contributed by atoms with Gasteiger partial charge in [0, 0.05) is 13.1 Å². The van der Waals surface area contributed by atoms with E-state index in [0.717, 1.165) is 19.3 Å². The minimum Gasteiger partial charge on any atom is -0.481 e. The summed E-state index contributed by atoms with van der Waals surface area (Å²) in [6.45, 7) is 0.969. The molecule has 3 rings (SSSR count). The smallest absolute Gasteiger partial charge is 0.308 e. The van der Waals surface area contributed by atoms with Crippen LogP contribution in [0.25, 0.3) is 0 Å². The van der Waals surface area contributed by atoms with E-state index < -0.39 is 5.97 Å². The third-order valence-electron chi connectivity index (χ3n) is 4.52. The number of aliphatic carboxylic acids is 1. The summed E-state index contributed by atoms with van der Waals surface area (Å²) in [6, 6.07) is 10.1. The van der Waals surface area contributed by atoms with E-state index in [-0.39, 0.29) is 17.2 Å². The van der Waals surface area contributed by atoms with Crippen molar-refractivity contribution in [2.45, 2.75) is 25.7 Å². The molecule has 106 valence electrons. The number of amides is 1. The van der Waals surface area contributed by atoms with Crippen LogP contribution in [0.4, 0.5) is 0 Å². The van der Waals surface area contributed by atoms with Gasteiger partial charge < -0.3 is 10.0 Å². The Morgan fingerprint density at radius 2 is 1.95 bits per heavy atom. The van der Waals surface area contributed by atoms with E-state index in [2.05, 4.69) is 12.1 Å². The number of rotatable bonds is 4. The summed E-state index contributed by atoms with van der Waals surface area (Å²) in [6.07, 6.45) is 3.22. The molecule has 1 amide bonds. The van der Waals surface area contributed by atoms with Crippen molar-refractivity contribution in [3.8, 4) is 0 Å². The van der Waals surface area contributed by atoms with Crippen LogP contribution in [-0.2, 0) is 16.0 Å². The maximum Gasteiger partial charge on any atom is 0.308 e. The molecular formula is C16H19NO3. The van der Waals surface area contributed by atoms with Gasteiger partial charge in [0.05, 0.1) is 11.3 Å². The van der Waals surface area contributed by atoms with E-state index in [4.69, 9.17) is 5.11 Å². The summed E-state index contributed by atoms with van der Waals surface area (Å²) >= 11 is 0. The van der Waals surface area contributed by atoms with Crippen LogP contribution in [0.5, 0.6) is 0 Å². The van der Waals surface area contributed by atoms with Crippen LogP contribution in [-0.4, -0.2) is 35.0 Å². The molecule has 1 N–H and O–H groups in total. The zero-order valence-electron chi connectivity index (χ0n) is 11.4. The molecule has 1 heterocycles. The Hall–Kier alpha value is -1.84. The fourth-order valence-corrected chi connectivity index (χ4v) is 3.09. The first kappa shape index (κ1) is 13.2. The molecule has 1 aliphatic heterocycles. The van der Waals surface area contributed by atoms with Crippen LogP contribution in [0, 0.1) is 11.3 Å². The quantitative estimate of drug-likeness (QED) is 0.912. The topological polar surface area (TPSA) is 57.6 Å². The number of likely N-dealkylation sites (tertiary alicyclic amines) is 1. The SMILES string of the molecule is O=C(O)C1CCN(C(=O)C2(Cc3ccccc3)CC2)C1. The first-order chi connectivity index (χ1) is 9.61. The van der Waals surface area contributed by atoms with Crippen LogP contribution in [0.3, 0.4) is 0 Å². The van der Waals surface area contributed by atoms with E-state index in [1.54, 1.807) is 4.90 Å². The van der Waals surface area contributed by atoms with Crippen molar-refractivity contribution in [2.24, 2.45) is 11.3 Å². The van der Waals surface area contributed by atoms with Crippen molar-refractivity contribution in [3.05, 3.63) is 35.9 Å². The number of hydrogen-bond acceptors (Lipinski definition) is 2. The molecule has 1 atom stereocenters. The van der Waals surface area contributed by atoms with E-state index in [1.807, 2.05) is 18.2 Å². The lowest BCUT2D eigenvalue weighted by Crippen LogP contribution is -2.37. The number of nitrogens with zero attached hydrogens (tertiary/aromatic N) is 1. The highest BCUT2D eigenvalue weighted by Gasteiger charge is 2.52. The summed E-state index contributed by atoms with van der Waals surface area (Å²) in [5.41, 5.74) is 0.932. The molecule has 0 spiro atoms. The molecule has 0 aromatic heterocycles. The average molecular weight is 273 g/mol. The number of carbonyl (C=O) groups excluding carboxylic acids is 1. The molecule has 1 saturated carbocycles. The van der Waals surface area contributed by atoms with Gasteiger partial charge in [0.15, 0.2) is 0 Å². The number of benzene rings is 1. The van der Waals surface area contributed by atoms with Crippen molar-refractivity contribution < 1.29 is 14.7 Å². The molecule has 1 saturated heterocycles. The molecule has 20 heavy (non-hydrogen) atoms. The van der Waals surface area contributed by atoms with E-state index in [0.29, 0.717) is 19.5 Å². The lowest BCUT2D eigenvalue weighted by Gasteiger charge is -2.23. The predicted octanol–water partition coefficient (Wildman–Crippen LogP) is 1.94. The normalized spacial score (nSPS) is 23.6. The molecule has 4 nitrogen and oxygen atoms in total. The van der Waals surface area contributed by atoms with E-state index in [9.17, 15) is 9.59 Å². The van der Waals surface area contributed by atoms with Gasteiger partial charge >= 0.3 is 5.97 Å². The Morgan fingerprint density at radius 3 is 2.50 bits per heavy atom. The van der Waals surface area contributed by atoms with E-state index in [1.165, 1.54) is 5.56 Å². The van der Waals surface area contributed by atoms with Crippen LogP contribution in [0.2, 0.25) is 0 Å². The lowest BCUT2D eigenvalue weighted by molar-refractivity contribution is -0.141. The average Bonchev–Trinajstić information content (AvgIpc) is 3.05. The van der Waals surface area contributed by atoms with Gasteiger partial charge in [0.2, 0.25) is 5.91 Å². The summed E-state index contributed by atoms with van der Waals surface area (Å²) in [5, 5.41) is 9.03. The Morgan fingerprint density at radius 1 is 1.25 bits per heavy atom. The molecule has 1 aromatic rings. The molecule has 0 bridgehead atoms. The minimum atomic E-state index is -0.784. The van der Waals surface area contributed by atoms with Gasteiger partial charge in [-0.2, -0.15) is 0 Å². The zero-order valence-corrected chi connectivity index (χ0v) is 11.4. The molecule has 2 fully saturated rings. The van der Waals surface area contributed by atoms with Crippen molar-refractivity contribution >= 4 is 11.9 Å². The number of carboxylic acid groups (broad SMARTS) is 1. The van der Waals surface area contributed by atoms with Gasteiger partial charge in [-0.15, -0.1) is 0 Å². The van der Waals surface area contributed by atoms with E-state index >= 15 is 0 Å². The van der Waals surface area contributed by atoms with Gasteiger partial charge in [0.1, 0.15) is 0 Å². The molecule has 4 heteroatoms. The van der Waals surface area contributed by atoms with Crippen molar-refractivity contribution in [1.29, 1.82) is 0 Å². The zero-order chi connectivity index (χ0) is 14.2. The number of carbonyl (C=O) groups is 2. The summed E-state index contributed by atoms with van der Waals surface area (Å²) in [5.74, 6) is -1.01. The highest BCUT2D eigenvalue weighted by molar-refractivity contribution is 5.86. The highest BCUT2D eigenvalue weighted by Crippen LogP contribution is 2.50. The first-order valence-corrected chi connectivity index (χ1v) is 7.17. The summed E-state index contributed by atoms with van der Waals surface area (Å²) in [7, 11) is 0. The maximum atomic E-state index is 12.6. The Bertz CT molecular complexity index is 522. The third kappa shape index (κ3) is 2.42. The molecular weight excluding hydrogens is 254 g/mol. The fraction of sp³-hybridized carbons (Fsp3) is 0.500. The molecule has 0 radical (unpaired) electrons. The largest absolute Gasteiger partial charge is 0.481 e. The van der Waals surface area contributed by atoms with Crippen LogP contribution >= 0.6 is 0 Å². The first-order valence-electron chi connectivity index (χ1n) is 7.17. The Kier molecular flexibility index (Phi) is 3.24. The third-order valence-corrected chi connectivity index (χ3v) is 4.52. The van der Waals surface area contributed by atoms with Crippen LogP contribution < -0.4 is 0 Å². The van der Waals surface area contributed by atoms with Gasteiger partial charge in [-0.3, -0.25) is 9.59 Å². The second-order valence-electron chi connectivity index (χ2n) is 6.02. The Labute approximate surface area is 118 Å². The van der Waals surface area contributed by atoms with Gasteiger partial charge in [-0.25, -0.2) is 0 Å². The number of carboxylic acids is 1. The van der Waals surface area contributed by atoms with Gasteiger partial charge in [0.25, 0.3) is 0 Å². The Balaban J connectivity index is 1.67. The second-order valence-corrected chi connectivity index (χ2v) is 6.02. The predicted molar refractivity (Wildman–Crippen MR) is 74.1 cm³/mol. The second kappa shape index (κ2) is 4.93. The van der Waals surface area contributed by atoms with Gasteiger partial charge in [-0.05, 0) is 31.2 Å². The monoisotopic (exact) mass is 273 g/mol. The summed E-state index contributed by atoms with van der Waals surface area (Å²) < 4.78 is 0. The van der Waals surface area contributed by atoms with Crippen molar-refractivity contribution in [2.75, 3.05) is 13.1 Å². The minimum absolute atomic E-state index is 0.158. The maximum absolute atomic E-state index is 12.6. The molecule has 1 aliphatic carbocycles. The lowest BCUT2D eigenvalue weighted by atomic mass is 9.95. The molecule has 2 aliphatic rings. The highest BCUT2D eigenvalue weighted by atomic mass is 16.4. The standard InChI is InChI=1S/C16H19NO3/c18-14(19)13-6-9-17(11-13)15(20)16(7-8-16)10-12-4-2-1-3-5-12/h1-5,13H,6-11H2,(H,18,19).